The number of benzene rings is 1. The Morgan fingerprint density at radius 2 is 2.13 bits per heavy atom. The summed E-state index contributed by atoms with van der Waals surface area (Å²) in [5.41, 5.74) is 2.72. The first-order valence-electron chi connectivity index (χ1n) is 5.02. The van der Waals surface area contributed by atoms with Gasteiger partial charge in [-0.15, -0.1) is 0 Å². The van der Waals surface area contributed by atoms with Gasteiger partial charge in [0.25, 0.3) is 0 Å². The van der Waals surface area contributed by atoms with Gasteiger partial charge in [0.2, 0.25) is 0 Å². The molecule has 0 saturated heterocycles. The molecule has 0 aliphatic carbocycles. The predicted octanol–water partition coefficient (Wildman–Crippen LogP) is 2.80. The molecule has 2 rings (SSSR count). The minimum atomic E-state index is 0.215. The fraction of sp³-hybridized carbons (Fsp3) is 0.333. The van der Waals surface area contributed by atoms with Gasteiger partial charge in [0.1, 0.15) is 11.8 Å². The Morgan fingerprint density at radius 1 is 1.40 bits per heavy atom. The van der Waals surface area contributed by atoms with Crippen molar-refractivity contribution in [3.63, 3.8) is 0 Å². The van der Waals surface area contributed by atoms with Crippen LogP contribution in [0.2, 0.25) is 0 Å². The Balaban J connectivity index is 2.80. The van der Waals surface area contributed by atoms with Gasteiger partial charge in [-0.2, -0.15) is 10.4 Å². The maximum absolute atomic E-state index is 9.11. The molecule has 0 fully saturated rings. The monoisotopic (exact) mass is 199 g/mol. The number of fused-ring (bicyclic) bond motifs is 1. The van der Waals surface area contributed by atoms with Gasteiger partial charge in [-0.05, 0) is 38.5 Å². The van der Waals surface area contributed by atoms with E-state index in [1.54, 1.807) is 4.68 Å². The number of aromatic nitrogens is 2. The normalized spacial score (nSPS) is 10.9. The number of hydrogen-bond donors (Lipinski definition) is 0. The number of rotatable bonds is 1. The van der Waals surface area contributed by atoms with Crippen LogP contribution in [0.4, 0.5) is 0 Å². The minimum Gasteiger partial charge on any atom is -0.251 e. The summed E-state index contributed by atoms with van der Waals surface area (Å²) in [6.45, 7) is 6.08. The lowest BCUT2D eigenvalue weighted by atomic mass is 10.1. The van der Waals surface area contributed by atoms with Crippen molar-refractivity contribution in [1.82, 2.24) is 9.78 Å². The average Bonchev–Trinajstić information content (AvgIpc) is 2.55. The zero-order valence-electron chi connectivity index (χ0n) is 9.15. The van der Waals surface area contributed by atoms with Crippen molar-refractivity contribution in [1.29, 1.82) is 5.26 Å². The molecule has 0 atom stereocenters. The molecule has 0 radical (unpaired) electrons. The van der Waals surface area contributed by atoms with Crippen LogP contribution in [0.5, 0.6) is 0 Å². The summed E-state index contributed by atoms with van der Waals surface area (Å²) in [5, 5.41) is 14.5. The Morgan fingerprint density at radius 3 is 2.73 bits per heavy atom. The summed E-state index contributed by atoms with van der Waals surface area (Å²) in [5.74, 6) is 0. The maximum atomic E-state index is 9.11. The van der Waals surface area contributed by atoms with Gasteiger partial charge < -0.3 is 0 Å². The Hall–Kier alpha value is -1.82. The van der Waals surface area contributed by atoms with Gasteiger partial charge in [0, 0.05) is 11.4 Å². The van der Waals surface area contributed by atoms with E-state index >= 15 is 0 Å². The summed E-state index contributed by atoms with van der Waals surface area (Å²) in [6.07, 6.45) is 0. The first kappa shape index (κ1) is 9.72. The van der Waals surface area contributed by atoms with Crippen molar-refractivity contribution >= 4 is 10.9 Å². The first-order valence-corrected chi connectivity index (χ1v) is 5.02. The zero-order valence-corrected chi connectivity index (χ0v) is 9.15. The van der Waals surface area contributed by atoms with E-state index < -0.39 is 0 Å². The minimum absolute atomic E-state index is 0.215. The Bertz CT molecular complexity index is 544. The van der Waals surface area contributed by atoms with E-state index in [2.05, 4.69) is 11.2 Å². The summed E-state index contributed by atoms with van der Waals surface area (Å²) in [6, 6.07) is 8.42. The fourth-order valence-corrected chi connectivity index (χ4v) is 1.70. The molecule has 0 aliphatic heterocycles. The number of nitriles is 1. The zero-order chi connectivity index (χ0) is 11.0. The van der Waals surface area contributed by atoms with Gasteiger partial charge >= 0.3 is 0 Å². The van der Waals surface area contributed by atoms with Gasteiger partial charge in [0.05, 0.1) is 5.52 Å². The fourth-order valence-electron chi connectivity index (χ4n) is 1.70. The van der Waals surface area contributed by atoms with Crippen molar-refractivity contribution in [3.05, 3.63) is 29.5 Å². The molecule has 0 bridgehead atoms. The summed E-state index contributed by atoms with van der Waals surface area (Å²) in [4.78, 5) is 0. The van der Waals surface area contributed by atoms with Crippen LogP contribution >= 0.6 is 0 Å². The summed E-state index contributed by atoms with van der Waals surface area (Å²) >= 11 is 0. The third-order valence-corrected chi connectivity index (χ3v) is 2.45. The van der Waals surface area contributed by atoms with Crippen LogP contribution < -0.4 is 0 Å². The largest absolute Gasteiger partial charge is 0.251 e. The SMILES string of the molecule is Cc1ccc2c(C#N)n(C(C)C)nc2c1. The predicted molar refractivity (Wildman–Crippen MR) is 59.6 cm³/mol. The molecule has 76 valence electrons. The van der Waals surface area contributed by atoms with Gasteiger partial charge in [-0.1, -0.05) is 6.07 Å². The van der Waals surface area contributed by atoms with Crippen LogP contribution in [0.25, 0.3) is 10.9 Å². The molecule has 0 N–H and O–H groups in total. The second kappa shape index (κ2) is 3.39. The number of aryl methyl sites for hydroxylation is 1. The Kier molecular flexibility index (Phi) is 2.20. The third-order valence-electron chi connectivity index (χ3n) is 2.45. The summed E-state index contributed by atoms with van der Waals surface area (Å²) in [7, 11) is 0. The van der Waals surface area contributed by atoms with E-state index in [0.29, 0.717) is 5.69 Å². The topological polar surface area (TPSA) is 41.6 Å². The molecule has 0 saturated carbocycles. The average molecular weight is 199 g/mol. The lowest BCUT2D eigenvalue weighted by Crippen LogP contribution is -2.04. The van der Waals surface area contributed by atoms with Gasteiger partial charge in [0.15, 0.2) is 0 Å². The second-order valence-electron chi connectivity index (χ2n) is 4.02. The van der Waals surface area contributed by atoms with Crippen molar-refractivity contribution < 1.29 is 0 Å². The molecule has 3 nitrogen and oxygen atoms in total. The van der Waals surface area contributed by atoms with Crippen LogP contribution in [-0.2, 0) is 0 Å². The van der Waals surface area contributed by atoms with E-state index in [1.165, 1.54) is 5.56 Å². The third kappa shape index (κ3) is 1.48. The van der Waals surface area contributed by atoms with E-state index in [4.69, 9.17) is 5.26 Å². The molecular formula is C12H13N3. The lowest BCUT2D eigenvalue weighted by Gasteiger charge is -2.05. The molecule has 0 aliphatic rings. The molecule has 1 heterocycles. The van der Waals surface area contributed by atoms with E-state index in [9.17, 15) is 0 Å². The van der Waals surface area contributed by atoms with E-state index in [1.807, 2.05) is 39.0 Å². The molecule has 0 amide bonds. The second-order valence-corrected chi connectivity index (χ2v) is 4.02. The molecule has 0 unspecified atom stereocenters. The van der Waals surface area contributed by atoms with Gasteiger partial charge in [-0.25, -0.2) is 0 Å². The van der Waals surface area contributed by atoms with Crippen molar-refractivity contribution in [2.45, 2.75) is 26.8 Å². The number of hydrogen-bond acceptors (Lipinski definition) is 2. The molecule has 15 heavy (non-hydrogen) atoms. The lowest BCUT2D eigenvalue weighted by molar-refractivity contribution is 0.532. The van der Waals surface area contributed by atoms with Crippen LogP contribution in [0, 0.1) is 18.3 Å². The maximum Gasteiger partial charge on any atom is 0.146 e. The molecule has 1 aromatic heterocycles. The quantitative estimate of drug-likeness (QED) is 0.708. The molecular weight excluding hydrogens is 186 g/mol. The van der Waals surface area contributed by atoms with Crippen molar-refractivity contribution in [3.8, 4) is 6.07 Å². The highest BCUT2D eigenvalue weighted by molar-refractivity contribution is 5.84. The summed E-state index contributed by atoms with van der Waals surface area (Å²) < 4.78 is 1.78. The molecule has 3 heteroatoms. The highest BCUT2D eigenvalue weighted by Crippen LogP contribution is 2.21. The Labute approximate surface area is 88.9 Å². The standard InChI is InChI=1S/C12H13N3/c1-8(2)15-12(7-13)10-5-4-9(3)6-11(10)14-15/h4-6,8H,1-3H3. The molecule has 1 aromatic carbocycles. The highest BCUT2D eigenvalue weighted by atomic mass is 15.3. The van der Waals surface area contributed by atoms with Crippen LogP contribution in [0.3, 0.4) is 0 Å². The van der Waals surface area contributed by atoms with Gasteiger partial charge in [-0.3, -0.25) is 4.68 Å². The van der Waals surface area contributed by atoms with E-state index in [-0.39, 0.29) is 6.04 Å². The van der Waals surface area contributed by atoms with E-state index in [0.717, 1.165) is 10.9 Å². The van der Waals surface area contributed by atoms with Crippen LogP contribution in [0.1, 0.15) is 31.1 Å². The molecule has 0 spiro atoms. The van der Waals surface area contributed by atoms with Crippen LogP contribution in [0.15, 0.2) is 18.2 Å². The number of nitrogens with zero attached hydrogens (tertiary/aromatic N) is 3. The molecule has 2 aromatic rings. The highest BCUT2D eigenvalue weighted by Gasteiger charge is 2.12. The van der Waals surface area contributed by atoms with Crippen molar-refractivity contribution in [2.24, 2.45) is 0 Å². The first-order chi connectivity index (χ1) is 7.13. The van der Waals surface area contributed by atoms with Crippen molar-refractivity contribution in [2.75, 3.05) is 0 Å². The van der Waals surface area contributed by atoms with Crippen LogP contribution in [-0.4, -0.2) is 9.78 Å². The smallest absolute Gasteiger partial charge is 0.146 e.